The van der Waals surface area contributed by atoms with E-state index in [9.17, 15) is 0 Å². The number of allylic oxidation sites excluding steroid dienone is 2. The molecule has 11 rings (SSSR count). The summed E-state index contributed by atoms with van der Waals surface area (Å²) in [5.41, 5.74) is 13.4. The summed E-state index contributed by atoms with van der Waals surface area (Å²) in [6.45, 7) is 3.90. The molecule has 0 atom stereocenters. The summed E-state index contributed by atoms with van der Waals surface area (Å²) in [5, 5.41) is 5.46. The third-order valence-corrected chi connectivity index (χ3v) is 10.9. The van der Waals surface area contributed by atoms with Crippen molar-refractivity contribution >= 4 is 60.8 Å². The molecule has 268 valence electrons. The Kier molecular flexibility index (Phi) is 7.57. The molecule has 7 aromatic carbocycles. The minimum absolute atomic E-state index is 0.686. The maximum Gasteiger partial charge on any atom is 0.160 e. The molecule has 0 saturated heterocycles. The van der Waals surface area contributed by atoms with Gasteiger partial charge in [-0.2, -0.15) is 0 Å². The normalized spacial score (nSPS) is 11.9. The number of nitrogens with zero attached hydrogens (tertiary/aromatic N) is 3. The molecule has 0 radical (unpaired) electrons. The fourth-order valence-corrected chi connectivity index (χ4v) is 8.27. The van der Waals surface area contributed by atoms with E-state index in [0.29, 0.717) is 5.82 Å². The van der Waals surface area contributed by atoms with E-state index >= 15 is 0 Å². The smallest absolute Gasteiger partial charge is 0.160 e. The van der Waals surface area contributed by atoms with Crippen molar-refractivity contribution in [1.82, 2.24) is 14.5 Å². The number of furan rings is 2. The Morgan fingerprint density at radius 2 is 1.21 bits per heavy atom. The lowest BCUT2D eigenvalue weighted by molar-refractivity contribution is 0.615. The van der Waals surface area contributed by atoms with Gasteiger partial charge in [0.15, 0.2) is 11.4 Å². The Morgan fingerprint density at radius 1 is 0.544 bits per heavy atom. The average Bonchev–Trinajstić information content (AvgIpc) is 3.98. The summed E-state index contributed by atoms with van der Waals surface area (Å²) in [5.74, 6) is 0.686. The molecule has 0 aliphatic heterocycles. The highest BCUT2D eigenvalue weighted by atomic mass is 16.3. The first-order valence-corrected chi connectivity index (χ1v) is 19.0. The quantitative estimate of drug-likeness (QED) is 0.153. The van der Waals surface area contributed by atoms with Gasteiger partial charge in [0.1, 0.15) is 11.2 Å². The SMILES string of the molecule is C=CC=Cc1coc2ccc3c4ccccc4n(-c4cccc5c4oc4c(-c6cccc(-c7cc(-c8ccccc8)nc(-c8ccccc8)n7)c6)cccc45)c3c12. The first-order chi connectivity index (χ1) is 28.2. The van der Waals surface area contributed by atoms with E-state index in [0.717, 1.165) is 105 Å². The van der Waals surface area contributed by atoms with Crippen molar-refractivity contribution in [3.63, 3.8) is 0 Å². The molecule has 0 aliphatic carbocycles. The number of fused-ring (bicyclic) bond motifs is 8. The van der Waals surface area contributed by atoms with Gasteiger partial charge in [0.2, 0.25) is 0 Å². The Bertz CT molecular complexity index is 3310. The number of para-hydroxylation sites is 3. The van der Waals surface area contributed by atoms with Crippen LogP contribution in [0.15, 0.2) is 198 Å². The zero-order valence-corrected chi connectivity index (χ0v) is 30.8. The summed E-state index contributed by atoms with van der Waals surface area (Å²) in [6.07, 6.45) is 7.60. The van der Waals surface area contributed by atoms with Crippen molar-refractivity contribution in [3.8, 4) is 50.7 Å². The second kappa shape index (κ2) is 13.2. The van der Waals surface area contributed by atoms with Crippen LogP contribution in [0.1, 0.15) is 5.56 Å². The summed E-state index contributed by atoms with van der Waals surface area (Å²) in [7, 11) is 0. The van der Waals surface area contributed by atoms with Crippen LogP contribution in [0.3, 0.4) is 0 Å². The number of aromatic nitrogens is 3. The topological polar surface area (TPSA) is 57.0 Å². The van der Waals surface area contributed by atoms with Gasteiger partial charge in [-0.1, -0.05) is 152 Å². The molecule has 0 aliphatic rings. The van der Waals surface area contributed by atoms with E-state index in [1.807, 2.05) is 48.7 Å². The summed E-state index contributed by atoms with van der Waals surface area (Å²) in [6, 6.07) is 56.7. The maximum atomic E-state index is 7.08. The monoisotopic (exact) mass is 731 g/mol. The molecule has 0 amide bonds. The van der Waals surface area contributed by atoms with Gasteiger partial charge < -0.3 is 13.4 Å². The Hall–Kier alpha value is -7.76. The molecule has 5 nitrogen and oxygen atoms in total. The van der Waals surface area contributed by atoms with E-state index < -0.39 is 0 Å². The first kappa shape index (κ1) is 32.7. The molecular formula is C52H33N3O2. The van der Waals surface area contributed by atoms with Gasteiger partial charge in [-0.25, -0.2) is 9.97 Å². The minimum atomic E-state index is 0.686. The van der Waals surface area contributed by atoms with Gasteiger partial charge in [0.05, 0.1) is 39.8 Å². The van der Waals surface area contributed by atoms with Crippen molar-refractivity contribution in [2.24, 2.45) is 0 Å². The zero-order valence-electron chi connectivity index (χ0n) is 30.8. The molecule has 57 heavy (non-hydrogen) atoms. The molecule has 0 saturated carbocycles. The second-order valence-corrected chi connectivity index (χ2v) is 14.2. The highest BCUT2D eigenvalue weighted by Gasteiger charge is 2.22. The third kappa shape index (κ3) is 5.32. The lowest BCUT2D eigenvalue weighted by Gasteiger charge is -2.11. The molecule has 4 heterocycles. The van der Waals surface area contributed by atoms with Crippen LogP contribution in [0.5, 0.6) is 0 Å². The predicted octanol–water partition coefficient (Wildman–Crippen LogP) is 14.1. The highest BCUT2D eigenvalue weighted by Crippen LogP contribution is 2.43. The zero-order chi connectivity index (χ0) is 37.9. The van der Waals surface area contributed by atoms with Crippen LogP contribution < -0.4 is 0 Å². The highest BCUT2D eigenvalue weighted by molar-refractivity contribution is 6.21. The average molecular weight is 732 g/mol. The van der Waals surface area contributed by atoms with E-state index in [-0.39, 0.29) is 0 Å². The van der Waals surface area contributed by atoms with Crippen molar-refractivity contribution in [3.05, 3.63) is 194 Å². The van der Waals surface area contributed by atoms with Crippen molar-refractivity contribution in [2.45, 2.75) is 0 Å². The molecule has 4 aromatic heterocycles. The van der Waals surface area contributed by atoms with Crippen LogP contribution in [0, 0.1) is 0 Å². The molecule has 5 heteroatoms. The van der Waals surface area contributed by atoms with E-state index in [1.54, 1.807) is 6.08 Å². The Morgan fingerprint density at radius 3 is 2.04 bits per heavy atom. The summed E-state index contributed by atoms with van der Waals surface area (Å²) < 4.78 is 15.5. The number of benzene rings is 7. The number of rotatable bonds is 7. The predicted molar refractivity (Wildman–Crippen MR) is 234 cm³/mol. The molecule has 0 bridgehead atoms. The van der Waals surface area contributed by atoms with Crippen LogP contribution in [-0.2, 0) is 0 Å². The number of hydrogen-bond donors (Lipinski definition) is 0. The van der Waals surface area contributed by atoms with Crippen molar-refractivity contribution in [1.29, 1.82) is 0 Å². The van der Waals surface area contributed by atoms with Crippen molar-refractivity contribution < 1.29 is 8.83 Å². The molecule has 0 spiro atoms. The van der Waals surface area contributed by atoms with Crippen LogP contribution in [0.4, 0.5) is 0 Å². The van der Waals surface area contributed by atoms with Gasteiger partial charge in [-0.15, -0.1) is 0 Å². The molecular weight excluding hydrogens is 699 g/mol. The molecule has 0 fully saturated rings. The maximum absolute atomic E-state index is 7.08. The van der Waals surface area contributed by atoms with Gasteiger partial charge in [0, 0.05) is 49.4 Å². The van der Waals surface area contributed by atoms with Crippen LogP contribution >= 0.6 is 0 Å². The van der Waals surface area contributed by atoms with E-state index in [2.05, 4.69) is 145 Å². The summed E-state index contributed by atoms with van der Waals surface area (Å²) >= 11 is 0. The van der Waals surface area contributed by atoms with E-state index in [4.69, 9.17) is 18.8 Å². The molecule has 0 N–H and O–H groups in total. The summed E-state index contributed by atoms with van der Waals surface area (Å²) in [4.78, 5) is 10.1. The fourth-order valence-electron chi connectivity index (χ4n) is 8.27. The van der Waals surface area contributed by atoms with Crippen molar-refractivity contribution in [2.75, 3.05) is 0 Å². The van der Waals surface area contributed by atoms with Gasteiger partial charge in [-0.3, -0.25) is 0 Å². The first-order valence-electron chi connectivity index (χ1n) is 19.0. The van der Waals surface area contributed by atoms with Crippen LogP contribution in [0.25, 0.3) is 112 Å². The standard InChI is InChI=1S/C52H33N3O2/c1-2-3-15-37-32-56-47-29-28-40-39-22-10-11-26-45(39)55(49(40)48(37)47)46-27-14-25-42-41-24-13-23-38(50(41)57-51(42)46)35-20-12-21-36(30-35)44-31-43(33-16-6-4-7-17-33)53-52(54-44)34-18-8-5-9-19-34/h2-32H,1H2. The molecule has 11 aromatic rings. The van der Waals surface area contributed by atoms with Gasteiger partial charge >= 0.3 is 0 Å². The lowest BCUT2D eigenvalue weighted by atomic mass is 9.98. The van der Waals surface area contributed by atoms with Gasteiger partial charge in [-0.05, 0) is 42.0 Å². The third-order valence-electron chi connectivity index (χ3n) is 10.9. The Balaban J connectivity index is 1.11. The van der Waals surface area contributed by atoms with Gasteiger partial charge in [0.25, 0.3) is 0 Å². The van der Waals surface area contributed by atoms with Crippen LogP contribution in [0.2, 0.25) is 0 Å². The fraction of sp³-hybridized carbons (Fsp3) is 0. The second-order valence-electron chi connectivity index (χ2n) is 14.2. The minimum Gasteiger partial charge on any atom is -0.464 e. The van der Waals surface area contributed by atoms with Crippen LogP contribution in [-0.4, -0.2) is 14.5 Å². The largest absolute Gasteiger partial charge is 0.464 e. The Labute approximate surface area is 328 Å². The lowest BCUT2D eigenvalue weighted by Crippen LogP contribution is -1.96. The number of hydrogen-bond acceptors (Lipinski definition) is 4. The van der Waals surface area contributed by atoms with E-state index in [1.165, 1.54) is 0 Å². The molecule has 0 unspecified atom stereocenters.